The first-order chi connectivity index (χ1) is 7.74. The van der Waals surface area contributed by atoms with Crippen LogP contribution in [0.5, 0.6) is 0 Å². The van der Waals surface area contributed by atoms with E-state index in [1.165, 1.54) is 0 Å². The lowest BCUT2D eigenvalue weighted by molar-refractivity contribution is -0.145. The van der Waals surface area contributed by atoms with Gasteiger partial charge in [0.1, 0.15) is 0 Å². The van der Waals surface area contributed by atoms with Crippen molar-refractivity contribution in [3.05, 3.63) is 29.3 Å². The fourth-order valence-corrected chi connectivity index (χ4v) is 3.09. The van der Waals surface area contributed by atoms with Crippen LogP contribution in [-0.2, 0) is 15.6 Å². The Hall–Kier alpha value is -1.16. The lowest BCUT2D eigenvalue weighted by Gasteiger charge is -2.19. The van der Waals surface area contributed by atoms with E-state index >= 15 is 0 Å². The molecular formula is C13H18O3S. The fourth-order valence-electron chi connectivity index (χ4n) is 1.52. The van der Waals surface area contributed by atoms with Gasteiger partial charge in [0.25, 0.3) is 0 Å². The molecule has 0 saturated carbocycles. The van der Waals surface area contributed by atoms with Crippen LogP contribution in [0.25, 0.3) is 0 Å². The highest BCUT2D eigenvalue weighted by Gasteiger charge is 2.30. The highest BCUT2D eigenvalue weighted by atomic mass is 32.2. The summed E-state index contributed by atoms with van der Waals surface area (Å²) >= 11 is 0. The van der Waals surface area contributed by atoms with Crippen LogP contribution in [0.15, 0.2) is 23.1 Å². The summed E-state index contributed by atoms with van der Waals surface area (Å²) in [5.41, 5.74) is 1.09. The standard InChI is InChI=1S/C13H18O3S/c1-9-5-6-11(10(2)7-9)17(16)8-13(3,4)12(14)15/h5-7H,8H2,1-4H3,(H,14,15). The molecule has 0 spiro atoms. The molecule has 0 aliphatic heterocycles. The Morgan fingerprint density at radius 2 is 1.94 bits per heavy atom. The first-order valence-corrected chi connectivity index (χ1v) is 6.75. The Morgan fingerprint density at radius 1 is 1.35 bits per heavy atom. The van der Waals surface area contributed by atoms with Crippen molar-refractivity contribution in [1.29, 1.82) is 0 Å². The predicted molar refractivity (Wildman–Crippen MR) is 68.6 cm³/mol. The molecule has 4 heteroatoms. The number of carboxylic acids is 1. The third-order valence-electron chi connectivity index (χ3n) is 2.65. The molecule has 1 aromatic rings. The highest BCUT2D eigenvalue weighted by molar-refractivity contribution is 7.85. The second-order valence-electron chi connectivity index (χ2n) is 4.95. The molecule has 0 radical (unpaired) electrons. The number of aryl methyl sites for hydroxylation is 2. The van der Waals surface area contributed by atoms with Crippen molar-refractivity contribution in [1.82, 2.24) is 0 Å². The summed E-state index contributed by atoms with van der Waals surface area (Å²) in [6.45, 7) is 7.06. The molecule has 0 aromatic heterocycles. The second kappa shape index (κ2) is 5.00. The molecule has 0 aliphatic carbocycles. The van der Waals surface area contributed by atoms with Crippen molar-refractivity contribution < 1.29 is 14.1 Å². The first kappa shape index (κ1) is 13.9. The number of rotatable bonds is 4. The molecule has 17 heavy (non-hydrogen) atoms. The lowest BCUT2D eigenvalue weighted by Crippen LogP contribution is -2.30. The van der Waals surface area contributed by atoms with E-state index in [1.54, 1.807) is 13.8 Å². The third-order valence-corrected chi connectivity index (χ3v) is 4.58. The molecule has 0 heterocycles. The number of hydrogen-bond acceptors (Lipinski definition) is 2. The fraction of sp³-hybridized carbons (Fsp3) is 0.462. The van der Waals surface area contributed by atoms with Gasteiger partial charge >= 0.3 is 5.97 Å². The van der Waals surface area contributed by atoms with Gasteiger partial charge in [-0.1, -0.05) is 17.7 Å². The molecule has 0 amide bonds. The summed E-state index contributed by atoms with van der Waals surface area (Å²) in [6.07, 6.45) is 0. The minimum atomic E-state index is -1.27. The van der Waals surface area contributed by atoms with E-state index in [0.717, 1.165) is 16.0 Å². The Labute approximate surface area is 104 Å². The minimum Gasteiger partial charge on any atom is -0.481 e. The molecule has 1 N–H and O–H groups in total. The van der Waals surface area contributed by atoms with Crippen molar-refractivity contribution in [2.45, 2.75) is 32.6 Å². The van der Waals surface area contributed by atoms with Crippen LogP contribution < -0.4 is 0 Å². The topological polar surface area (TPSA) is 54.4 Å². The zero-order chi connectivity index (χ0) is 13.2. The van der Waals surface area contributed by atoms with Gasteiger partial charge in [0.2, 0.25) is 0 Å². The molecule has 3 nitrogen and oxygen atoms in total. The number of aliphatic carboxylic acids is 1. The SMILES string of the molecule is Cc1ccc(S(=O)CC(C)(C)C(=O)O)c(C)c1. The van der Waals surface area contributed by atoms with Crippen molar-refractivity contribution in [2.75, 3.05) is 5.75 Å². The summed E-state index contributed by atoms with van der Waals surface area (Å²) in [7, 11) is -1.27. The normalized spacial score (nSPS) is 13.4. The Morgan fingerprint density at radius 3 is 2.41 bits per heavy atom. The van der Waals surface area contributed by atoms with Crippen LogP contribution in [0.1, 0.15) is 25.0 Å². The Bertz CT molecular complexity index is 464. The van der Waals surface area contributed by atoms with E-state index in [-0.39, 0.29) is 5.75 Å². The van der Waals surface area contributed by atoms with Gasteiger partial charge in [-0.3, -0.25) is 9.00 Å². The van der Waals surface area contributed by atoms with Gasteiger partial charge in [-0.25, -0.2) is 0 Å². The Balaban J connectivity index is 2.95. The van der Waals surface area contributed by atoms with E-state index in [1.807, 2.05) is 32.0 Å². The molecule has 0 saturated heterocycles. The molecule has 0 bridgehead atoms. The van der Waals surface area contributed by atoms with E-state index in [0.29, 0.717) is 0 Å². The van der Waals surface area contributed by atoms with Crippen LogP contribution in [-0.4, -0.2) is 21.0 Å². The van der Waals surface area contributed by atoms with Gasteiger partial charge in [-0.05, 0) is 39.3 Å². The monoisotopic (exact) mass is 254 g/mol. The summed E-state index contributed by atoms with van der Waals surface area (Å²) in [6, 6.07) is 5.67. The predicted octanol–water partition coefficient (Wildman–Crippen LogP) is 2.52. The molecule has 1 atom stereocenters. The smallest absolute Gasteiger partial charge is 0.310 e. The summed E-state index contributed by atoms with van der Waals surface area (Å²) in [5, 5.41) is 9.02. The average Bonchev–Trinajstić information content (AvgIpc) is 2.15. The van der Waals surface area contributed by atoms with E-state index in [4.69, 9.17) is 5.11 Å². The molecule has 0 aliphatic rings. The number of hydrogen-bond donors (Lipinski definition) is 1. The van der Waals surface area contributed by atoms with Gasteiger partial charge in [-0.15, -0.1) is 0 Å². The van der Waals surface area contributed by atoms with Crippen LogP contribution in [0.4, 0.5) is 0 Å². The van der Waals surface area contributed by atoms with Gasteiger partial charge in [0.05, 0.1) is 16.2 Å². The second-order valence-corrected chi connectivity index (χ2v) is 6.37. The zero-order valence-electron chi connectivity index (χ0n) is 10.6. The lowest BCUT2D eigenvalue weighted by atomic mass is 9.97. The van der Waals surface area contributed by atoms with Crippen molar-refractivity contribution in [2.24, 2.45) is 5.41 Å². The van der Waals surface area contributed by atoms with Crippen molar-refractivity contribution >= 4 is 16.8 Å². The maximum Gasteiger partial charge on any atom is 0.310 e. The van der Waals surface area contributed by atoms with E-state index in [9.17, 15) is 9.00 Å². The zero-order valence-corrected chi connectivity index (χ0v) is 11.4. The minimum absolute atomic E-state index is 0.131. The van der Waals surface area contributed by atoms with E-state index in [2.05, 4.69) is 0 Å². The molecular weight excluding hydrogens is 236 g/mol. The van der Waals surface area contributed by atoms with E-state index < -0.39 is 22.2 Å². The van der Waals surface area contributed by atoms with Gasteiger partial charge < -0.3 is 5.11 Å². The highest BCUT2D eigenvalue weighted by Crippen LogP contribution is 2.22. The van der Waals surface area contributed by atoms with Gasteiger partial charge in [-0.2, -0.15) is 0 Å². The summed E-state index contributed by atoms with van der Waals surface area (Å²) in [4.78, 5) is 11.7. The number of carboxylic acid groups (broad SMARTS) is 1. The molecule has 0 fully saturated rings. The van der Waals surface area contributed by atoms with Crippen molar-refractivity contribution in [3.63, 3.8) is 0 Å². The van der Waals surface area contributed by atoms with Crippen LogP contribution in [0.3, 0.4) is 0 Å². The molecule has 1 aromatic carbocycles. The van der Waals surface area contributed by atoms with Gasteiger partial charge in [0, 0.05) is 10.6 Å². The maximum atomic E-state index is 12.1. The number of carbonyl (C=O) groups is 1. The first-order valence-electron chi connectivity index (χ1n) is 5.43. The Kier molecular flexibility index (Phi) is 4.09. The molecule has 1 unspecified atom stereocenters. The van der Waals surface area contributed by atoms with Crippen LogP contribution >= 0.6 is 0 Å². The van der Waals surface area contributed by atoms with Gasteiger partial charge in [0.15, 0.2) is 0 Å². The average molecular weight is 254 g/mol. The van der Waals surface area contributed by atoms with Crippen LogP contribution in [0.2, 0.25) is 0 Å². The largest absolute Gasteiger partial charge is 0.481 e. The van der Waals surface area contributed by atoms with Crippen molar-refractivity contribution in [3.8, 4) is 0 Å². The quantitative estimate of drug-likeness (QED) is 0.898. The molecule has 1 rings (SSSR count). The summed E-state index contributed by atoms with van der Waals surface area (Å²) < 4.78 is 12.1. The third kappa shape index (κ3) is 3.40. The molecule has 94 valence electrons. The summed E-state index contributed by atoms with van der Waals surface area (Å²) in [5.74, 6) is -0.790. The number of benzene rings is 1. The van der Waals surface area contributed by atoms with Crippen LogP contribution in [0, 0.1) is 19.3 Å². The maximum absolute atomic E-state index is 12.1.